The number of nitrogens with zero attached hydrogens (tertiary/aromatic N) is 3. The van der Waals surface area contributed by atoms with Gasteiger partial charge in [0.2, 0.25) is 17.8 Å². The van der Waals surface area contributed by atoms with Gasteiger partial charge in [0.25, 0.3) is 0 Å². The standard InChI is InChI=1S/C14H15N5O3/c1-8-15-14-17-12(20)7-10(19(14)18-8)13(21)16-9-5-3-4-6-11(9)22-2/h3-6,10H,7H2,1-2H3,(H,16,21)(H,15,17,18,20)/t10-/m1/s1. The van der Waals surface area contributed by atoms with Gasteiger partial charge in [-0.15, -0.1) is 0 Å². The molecule has 2 heterocycles. The van der Waals surface area contributed by atoms with Gasteiger partial charge >= 0.3 is 0 Å². The molecular formula is C14H15N5O3. The van der Waals surface area contributed by atoms with Crippen LogP contribution in [0.1, 0.15) is 18.3 Å². The van der Waals surface area contributed by atoms with Gasteiger partial charge in [-0.25, -0.2) is 4.68 Å². The number of methoxy groups -OCH3 is 1. The number of ether oxygens (including phenoxy) is 1. The summed E-state index contributed by atoms with van der Waals surface area (Å²) in [4.78, 5) is 28.3. The predicted molar refractivity (Wildman–Crippen MR) is 78.7 cm³/mol. The molecule has 0 spiro atoms. The molecular weight excluding hydrogens is 286 g/mol. The Bertz CT molecular complexity index is 740. The molecule has 2 aromatic rings. The number of carbonyl (C=O) groups is 2. The number of hydrogen-bond acceptors (Lipinski definition) is 5. The van der Waals surface area contributed by atoms with Crippen LogP contribution in [0.5, 0.6) is 5.75 Å². The summed E-state index contributed by atoms with van der Waals surface area (Å²) in [6.45, 7) is 1.70. The minimum atomic E-state index is -0.741. The average molecular weight is 301 g/mol. The molecule has 0 saturated heterocycles. The zero-order chi connectivity index (χ0) is 15.7. The van der Waals surface area contributed by atoms with Crippen molar-refractivity contribution in [3.8, 4) is 5.75 Å². The fourth-order valence-electron chi connectivity index (χ4n) is 2.34. The largest absolute Gasteiger partial charge is 0.495 e. The van der Waals surface area contributed by atoms with Gasteiger partial charge in [0.05, 0.1) is 19.2 Å². The lowest BCUT2D eigenvalue weighted by Crippen LogP contribution is -2.36. The highest BCUT2D eigenvalue weighted by Gasteiger charge is 2.32. The van der Waals surface area contributed by atoms with E-state index in [1.807, 2.05) is 0 Å². The number of anilines is 2. The van der Waals surface area contributed by atoms with Crippen molar-refractivity contribution in [1.29, 1.82) is 0 Å². The molecule has 0 saturated carbocycles. The van der Waals surface area contributed by atoms with Gasteiger partial charge in [-0.05, 0) is 19.1 Å². The Morgan fingerprint density at radius 2 is 2.23 bits per heavy atom. The third-order valence-corrected chi connectivity index (χ3v) is 3.33. The minimum Gasteiger partial charge on any atom is -0.495 e. The summed E-state index contributed by atoms with van der Waals surface area (Å²) in [6, 6.07) is 6.33. The predicted octanol–water partition coefficient (Wildman–Crippen LogP) is 1.12. The normalized spacial score (nSPS) is 16.6. The zero-order valence-corrected chi connectivity index (χ0v) is 12.2. The van der Waals surface area contributed by atoms with Crippen molar-refractivity contribution >= 4 is 23.5 Å². The monoisotopic (exact) mass is 301 g/mol. The number of carbonyl (C=O) groups excluding carboxylic acids is 2. The first-order valence-electron chi connectivity index (χ1n) is 6.75. The number of hydrogen-bond donors (Lipinski definition) is 2. The van der Waals surface area contributed by atoms with Crippen LogP contribution in [0.3, 0.4) is 0 Å². The van der Waals surface area contributed by atoms with E-state index >= 15 is 0 Å². The second-order valence-electron chi connectivity index (χ2n) is 4.88. The second-order valence-corrected chi connectivity index (χ2v) is 4.88. The van der Waals surface area contributed by atoms with E-state index in [0.717, 1.165) is 0 Å². The van der Waals surface area contributed by atoms with Crippen molar-refractivity contribution in [3.63, 3.8) is 0 Å². The van der Waals surface area contributed by atoms with E-state index in [1.165, 1.54) is 11.8 Å². The summed E-state index contributed by atoms with van der Waals surface area (Å²) < 4.78 is 6.63. The molecule has 22 heavy (non-hydrogen) atoms. The van der Waals surface area contributed by atoms with Gasteiger partial charge in [-0.1, -0.05) is 12.1 Å². The van der Waals surface area contributed by atoms with Gasteiger partial charge < -0.3 is 10.1 Å². The van der Waals surface area contributed by atoms with Crippen LogP contribution in [-0.2, 0) is 9.59 Å². The molecule has 0 fully saturated rings. The molecule has 3 rings (SSSR count). The van der Waals surface area contributed by atoms with E-state index in [9.17, 15) is 9.59 Å². The highest BCUT2D eigenvalue weighted by molar-refractivity contribution is 6.01. The summed E-state index contributed by atoms with van der Waals surface area (Å²) in [5, 5.41) is 9.54. The first-order valence-corrected chi connectivity index (χ1v) is 6.75. The molecule has 0 radical (unpaired) electrons. The molecule has 8 nitrogen and oxygen atoms in total. The molecule has 0 aliphatic carbocycles. The summed E-state index contributed by atoms with van der Waals surface area (Å²) in [7, 11) is 1.53. The zero-order valence-electron chi connectivity index (χ0n) is 12.2. The van der Waals surface area contributed by atoms with Gasteiger partial charge in [0.1, 0.15) is 17.6 Å². The highest BCUT2D eigenvalue weighted by Crippen LogP contribution is 2.27. The number of para-hydroxylation sites is 2. The van der Waals surface area contributed by atoms with Crippen molar-refractivity contribution in [3.05, 3.63) is 30.1 Å². The number of aromatic nitrogens is 3. The van der Waals surface area contributed by atoms with E-state index in [2.05, 4.69) is 20.7 Å². The molecule has 1 aromatic carbocycles. The first-order chi connectivity index (χ1) is 10.6. The number of fused-ring (bicyclic) bond motifs is 1. The number of aryl methyl sites for hydroxylation is 1. The van der Waals surface area contributed by atoms with Crippen LogP contribution in [0, 0.1) is 6.92 Å². The van der Waals surface area contributed by atoms with Crippen LogP contribution in [0.25, 0.3) is 0 Å². The number of nitrogens with one attached hydrogen (secondary N) is 2. The number of rotatable bonds is 3. The van der Waals surface area contributed by atoms with Gasteiger partial charge in [-0.2, -0.15) is 10.1 Å². The summed E-state index contributed by atoms with van der Waals surface area (Å²) in [5.74, 6) is 0.720. The minimum absolute atomic E-state index is 0.0107. The topological polar surface area (TPSA) is 98.1 Å². The van der Waals surface area contributed by atoms with Crippen LogP contribution >= 0.6 is 0 Å². The summed E-state index contributed by atoms with van der Waals surface area (Å²) in [6.07, 6.45) is 0.0107. The van der Waals surface area contributed by atoms with Gasteiger partial charge in [0, 0.05) is 0 Å². The van der Waals surface area contributed by atoms with Crippen LogP contribution in [0.2, 0.25) is 0 Å². The van der Waals surface area contributed by atoms with Crippen molar-refractivity contribution in [2.45, 2.75) is 19.4 Å². The molecule has 2 N–H and O–H groups in total. The Kier molecular flexibility index (Phi) is 3.50. The Morgan fingerprint density at radius 3 is 3.00 bits per heavy atom. The highest BCUT2D eigenvalue weighted by atomic mass is 16.5. The fraction of sp³-hybridized carbons (Fsp3) is 0.286. The second kappa shape index (κ2) is 5.47. The van der Waals surface area contributed by atoms with E-state index in [0.29, 0.717) is 17.3 Å². The van der Waals surface area contributed by atoms with Gasteiger partial charge in [0.15, 0.2) is 0 Å². The quantitative estimate of drug-likeness (QED) is 0.885. The molecule has 0 bridgehead atoms. The maximum Gasteiger partial charge on any atom is 0.250 e. The first kappa shape index (κ1) is 14.1. The van der Waals surface area contributed by atoms with E-state index in [4.69, 9.17) is 4.74 Å². The Balaban J connectivity index is 1.88. The lowest BCUT2D eigenvalue weighted by molar-refractivity contribution is -0.125. The lowest BCUT2D eigenvalue weighted by atomic mass is 10.1. The van der Waals surface area contributed by atoms with E-state index < -0.39 is 6.04 Å². The van der Waals surface area contributed by atoms with Crippen molar-refractivity contribution in [2.75, 3.05) is 17.7 Å². The summed E-state index contributed by atoms with van der Waals surface area (Å²) >= 11 is 0. The Morgan fingerprint density at radius 1 is 1.45 bits per heavy atom. The van der Waals surface area contributed by atoms with Gasteiger partial charge in [-0.3, -0.25) is 14.9 Å². The molecule has 1 aliphatic heterocycles. The van der Waals surface area contributed by atoms with E-state index in [-0.39, 0.29) is 24.2 Å². The van der Waals surface area contributed by atoms with Crippen LogP contribution in [0.4, 0.5) is 11.6 Å². The molecule has 1 aliphatic rings. The molecule has 8 heteroatoms. The van der Waals surface area contributed by atoms with E-state index in [1.54, 1.807) is 31.2 Å². The number of amides is 2. The SMILES string of the molecule is COc1ccccc1NC(=O)[C@H]1CC(=O)Nc2nc(C)nn21. The number of benzene rings is 1. The Hall–Kier alpha value is -2.90. The van der Waals surface area contributed by atoms with Crippen LogP contribution in [-0.4, -0.2) is 33.7 Å². The van der Waals surface area contributed by atoms with Crippen LogP contribution < -0.4 is 15.4 Å². The molecule has 1 atom stereocenters. The average Bonchev–Trinajstić information content (AvgIpc) is 2.86. The third-order valence-electron chi connectivity index (χ3n) is 3.33. The molecule has 1 aromatic heterocycles. The smallest absolute Gasteiger partial charge is 0.250 e. The van der Waals surface area contributed by atoms with Crippen LogP contribution in [0.15, 0.2) is 24.3 Å². The summed E-state index contributed by atoms with van der Waals surface area (Å²) in [5.41, 5.74) is 0.541. The maximum atomic E-state index is 12.5. The Labute approximate surface area is 126 Å². The fourth-order valence-corrected chi connectivity index (χ4v) is 2.34. The molecule has 114 valence electrons. The van der Waals surface area contributed by atoms with Crippen molar-refractivity contribution < 1.29 is 14.3 Å². The molecule has 0 unspecified atom stereocenters. The van der Waals surface area contributed by atoms with Crippen molar-refractivity contribution in [2.24, 2.45) is 0 Å². The third kappa shape index (κ3) is 2.50. The maximum absolute atomic E-state index is 12.5. The molecule has 2 amide bonds. The lowest BCUT2D eigenvalue weighted by Gasteiger charge is -2.22. The van der Waals surface area contributed by atoms with Crippen molar-refractivity contribution in [1.82, 2.24) is 14.8 Å².